The second-order valence-electron chi connectivity index (χ2n) is 8.96. The van der Waals surface area contributed by atoms with Crippen LogP contribution in [-0.4, -0.2) is 59.0 Å². The van der Waals surface area contributed by atoms with E-state index < -0.39 is 41.1 Å². The SMILES string of the molecule is CC1(OC(=O)N2CC3COCC(C2)C3Oc2ncnc(Oc3c(F)cc(F)cc3Cl)c2F)CC1. The summed E-state index contributed by atoms with van der Waals surface area (Å²) in [7, 11) is 0. The van der Waals surface area contributed by atoms with Crippen LogP contribution < -0.4 is 9.47 Å². The summed E-state index contributed by atoms with van der Waals surface area (Å²) in [5.74, 6) is -5.17. The first-order valence-corrected chi connectivity index (χ1v) is 11.2. The highest BCUT2D eigenvalue weighted by Crippen LogP contribution is 2.40. The highest BCUT2D eigenvalue weighted by molar-refractivity contribution is 6.32. The number of likely N-dealkylation sites (tertiary alicyclic amines) is 1. The van der Waals surface area contributed by atoms with Crippen LogP contribution in [0, 0.1) is 29.3 Å². The topological polar surface area (TPSA) is 83.0 Å². The molecule has 3 heterocycles. The predicted octanol–water partition coefficient (Wildman–Crippen LogP) is 4.35. The van der Waals surface area contributed by atoms with Gasteiger partial charge in [-0.25, -0.2) is 13.6 Å². The Hall–Kier alpha value is -2.79. The lowest BCUT2D eigenvalue weighted by atomic mass is 9.84. The molecular formula is C22H21ClF3N3O5. The van der Waals surface area contributed by atoms with E-state index in [4.69, 9.17) is 30.5 Å². The van der Waals surface area contributed by atoms with E-state index in [1.807, 2.05) is 6.92 Å². The number of benzene rings is 1. The Labute approximate surface area is 197 Å². The molecule has 12 heteroatoms. The van der Waals surface area contributed by atoms with Crippen molar-refractivity contribution in [1.82, 2.24) is 14.9 Å². The molecule has 34 heavy (non-hydrogen) atoms. The van der Waals surface area contributed by atoms with Crippen molar-refractivity contribution >= 4 is 17.7 Å². The minimum absolute atomic E-state index is 0.241. The largest absolute Gasteiger partial charge is 0.471 e. The molecule has 2 aromatic rings. The Balaban J connectivity index is 1.31. The monoisotopic (exact) mass is 499 g/mol. The molecule has 0 N–H and O–H groups in total. The van der Waals surface area contributed by atoms with E-state index in [0.717, 1.165) is 25.2 Å². The molecule has 1 aromatic carbocycles. The smallest absolute Gasteiger partial charge is 0.410 e. The van der Waals surface area contributed by atoms with E-state index in [-0.39, 0.29) is 28.6 Å². The lowest BCUT2D eigenvalue weighted by Crippen LogP contribution is -2.59. The Morgan fingerprint density at radius 3 is 2.47 bits per heavy atom. The van der Waals surface area contributed by atoms with Crippen molar-refractivity contribution in [1.29, 1.82) is 0 Å². The molecule has 2 unspecified atom stereocenters. The first kappa shape index (κ1) is 23.0. The third kappa shape index (κ3) is 4.58. The van der Waals surface area contributed by atoms with Gasteiger partial charge in [0.05, 0.1) is 18.2 Å². The predicted molar refractivity (Wildman–Crippen MR) is 111 cm³/mol. The van der Waals surface area contributed by atoms with E-state index in [1.165, 1.54) is 0 Å². The van der Waals surface area contributed by atoms with E-state index in [2.05, 4.69) is 9.97 Å². The van der Waals surface area contributed by atoms with E-state index in [0.29, 0.717) is 32.4 Å². The fourth-order valence-electron chi connectivity index (χ4n) is 4.14. The first-order valence-electron chi connectivity index (χ1n) is 10.8. The number of hydrogen-bond donors (Lipinski definition) is 0. The summed E-state index contributed by atoms with van der Waals surface area (Å²) in [4.78, 5) is 21.7. The number of ether oxygens (including phenoxy) is 4. The highest BCUT2D eigenvalue weighted by atomic mass is 35.5. The summed E-state index contributed by atoms with van der Waals surface area (Å²) in [6.45, 7) is 3.17. The number of carbonyl (C=O) groups is 1. The van der Waals surface area contributed by atoms with Gasteiger partial charge in [0.15, 0.2) is 11.6 Å². The molecule has 3 aliphatic rings. The molecule has 1 amide bonds. The summed E-state index contributed by atoms with van der Waals surface area (Å²) in [5.41, 5.74) is -0.385. The summed E-state index contributed by atoms with van der Waals surface area (Å²) in [6, 6.07) is 1.39. The van der Waals surface area contributed by atoms with Crippen molar-refractivity contribution in [2.75, 3.05) is 26.3 Å². The summed E-state index contributed by atoms with van der Waals surface area (Å²) in [6.07, 6.45) is 1.82. The van der Waals surface area contributed by atoms with Crippen molar-refractivity contribution in [2.24, 2.45) is 11.8 Å². The molecule has 2 aliphatic heterocycles. The van der Waals surface area contributed by atoms with Gasteiger partial charge in [-0.3, -0.25) is 0 Å². The van der Waals surface area contributed by atoms with Crippen LogP contribution in [-0.2, 0) is 9.47 Å². The number of aromatic nitrogens is 2. The zero-order valence-corrected chi connectivity index (χ0v) is 18.9. The standard InChI is InChI=1S/C22H21ClF3N3O5/c1-22(2-3-22)34-21(30)29-6-11-8-31-9-12(7-29)17(11)32-19-16(26)20(28-10-27-19)33-18-14(23)4-13(24)5-15(18)25/h4-5,10-12,17H,2-3,6-9H2,1H3. The fraction of sp³-hybridized carbons (Fsp3) is 0.500. The van der Waals surface area contributed by atoms with Gasteiger partial charge in [0.25, 0.3) is 11.8 Å². The van der Waals surface area contributed by atoms with Crippen LogP contribution in [0.2, 0.25) is 5.02 Å². The van der Waals surface area contributed by atoms with E-state index in [9.17, 15) is 13.6 Å². The van der Waals surface area contributed by atoms with Gasteiger partial charge in [0.1, 0.15) is 23.8 Å². The van der Waals surface area contributed by atoms with Gasteiger partial charge in [-0.05, 0) is 25.8 Å². The van der Waals surface area contributed by atoms with Crippen LogP contribution in [0.1, 0.15) is 19.8 Å². The van der Waals surface area contributed by atoms with Gasteiger partial charge in [-0.2, -0.15) is 14.4 Å². The number of nitrogens with zero attached hydrogens (tertiary/aromatic N) is 3. The molecule has 1 aromatic heterocycles. The second kappa shape index (κ2) is 8.77. The third-order valence-electron chi connectivity index (χ3n) is 6.18. The number of halogens is 4. The molecular weight excluding hydrogens is 479 g/mol. The first-order chi connectivity index (χ1) is 16.2. The second-order valence-corrected chi connectivity index (χ2v) is 9.37. The molecule has 2 bridgehead atoms. The zero-order valence-electron chi connectivity index (χ0n) is 18.1. The Bertz CT molecular complexity index is 1080. The number of hydrogen-bond acceptors (Lipinski definition) is 7. The zero-order chi connectivity index (χ0) is 24.0. The minimum atomic E-state index is -1.11. The summed E-state index contributed by atoms with van der Waals surface area (Å²) >= 11 is 5.82. The molecule has 1 aliphatic carbocycles. The van der Waals surface area contributed by atoms with Crippen molar-refractivity contribution in [2.45, 2.75) is 31.5 Å². The summed E-state index contributed by atoms with van der Waals surface area (Å²) in [5, 5.41) is -0.385. The average Bonchev–Trinajstić information content (AvgIpc) is 3.49. The quantitative estimate of drug-likeness (QED) is 0.604. The Kier molecular flexibility index (Phi) is 5.93. The van der Waals surface area contributed by atoms with Crippen LogP contribution in [0.3, 0.4) is 0 Å². The van der Waals surface area contributed by atoms with Crippen molar-refractivity contribution in [3.8, 4) is 17.5 Å². The van der Waals surface area contributed by atoms with Gasteiger partial charge >= 0.3 is 6.09 Å². The highest BCUT2D eigenvalue weighted by Gasteiger charge is 2.47. The van der Waals surface area contributed by atoms with E-state index >= 15 is 4.39 Å². The number of amides is 1. The minimum Gasteiger partial charge on any atom is -0.471 e. The third-order valence-corrected chi connectivity index (χ3v) is 6.46. The van der Waals surface area contributed by atoms with Gasteiger partial charge in [0.2, 0.25) is 5.82 Å². The van der Waals surface area contributed by atoms with Crippen LogP contribution >= 0.6 is 11.6 Å². The maximum atomic E-state index is 15.1. The van der Waals surface area contributed by atoms with Crippen LogP contribution in [0.4, 0.5) is 18.0 Å². The van der Waals surface area contributed by atoms with Gasteiger partial charge in [-0.1, -0.05) is 11.6 Å². The summed E-state index contributed by atoms with van der Waals surface area (Å²) < 4.78 is 64.7. The number of fused-ring (bicyclic) bond motifs is 2. The number of rotatable bonds is 5. The van der Waals surface area contributed by atoms with Crippen LogP contribution in [0.25, 0.3) is 0 Å². The molecule has 182 valence electrons. The molecule has 2 atom stereocenters. The maximum Gasteiger partial charge on any atom is 0.410 e. The lowest BCUT2D eigenvalue weighted by molar-refractivity contribution is -0.112. The number of piperidine rings is 1. The molecule has 1 saturated carbocycles. The molecule has 3 fully saturated rings. The molecule has 8 nitrogen and oxygen atoms in total. The van der Waals surface area contributed by atoms with Crippen LogP contribution in [0.5, 0.6) is 17.5 Å². The van der Waals surface area contributed by atoms with Gasteiger partial charge in [-0.15, -0.1) is 0 Å². The Morgan fingerprint density at radius 1 is 1.15 bits per heavy atom. The molecule has 5 rings (SSSR count). The normalized spacial score (nSPS) is 25.0. The van der Waals surface area contributed by atoms with Crippen molar-refractivity contribution in [3.05, 3.63) is 40.9 Å². The lowest BCUT2D eigenvalue weighted by Gasteiger charge is -2.45. The van der Waals surface area contributed by atoms with Crippen LogP contribution in [0.15, 0.2) is 18.5 Å². The molecule has 0 radical (unpaired) electrons. The number of carbonyl (C=O) groups excluding carboxylic acids is 1. The van der Waals surface area contributed by atoms with Crippen molar-refractivity contribution in [3.63, 3.8) is 0 Å². The van der Waals surface area contributed by atoms with Gasteiger partial charge in [0, 0.05) is 31.0 Å². The molecule has 2 saturated heterocycles. The molecule has 0 spiro atoms. The average molecular weight is 500 g/mol. The van der Waals surface area contributed by atoms with E-state index in [1.54, 1.807) is 4.90 Å². The Morgan fingerprint density at radius 2 is 1.82 bits per heavy atom. The van der Waals surface area contributed by atoms with Gasteiger partial charge < -0.3 is 23.8 Å². The van der Waals surface area contributed by atoms with Crippen molar-refractivity contribution < 1.29 is 36.9 Å². The maximum absolute atomic E-state index is 15.1. The fourth-order valence-corrected chi connectivity index (χ4v) is 4.37.